The van der Waals surface area contributed by atoms with Gasteiger partial charge in [0.2, 0.25) is 0 Å². The Hall–Kier alpha value is 0.170. The van der Waals surface area contributed by atoms with E-state index in [0.29, 0.717) is 12.6 Å². The highest BCUT2D eigenvalue weighted by Crippen LogP contribution is 2.07. The fourth-order valence-electron chi connectivity index (χ4n) is 1.24. The van der Waals surface area contributed by atoms with E-state index in [1.165, 1.54) is 0 Å². The third-order valence-corrected chi connectivity index (χ3v) is 1.86. The number of aliphatic hydroxyl groups is 1. The van der Waals surface area contributed by atoms with Crippen molar-refractivity contribution < 1.29 is 9.84 Å². The number of nitrogens with one attached hydrogen (secondary N) is 1. The molecular weight excluding hydrogens is 166 g/mol. The first-order valence-electron chi connectivity index (χ1n) is 3.73. The summed E-state index contributed by atoms with van der Waals surface area (Å²) in [6.45, 7) is 1.47. The predicted molar refractivity (Wildman–Crippen MR) is 46.2 cm³/mol. The van der Waals surface area contributed by atoms with Crippen molar-refractivity contribution in [2.24, 2.45) is 0 Å². The second-order valence-corrected chi connectivity index (χ2v) is 2.79. The van der Waals surface area contributed by atoms with Crippen molar-refractivity contribution in [3.63, 3.8) is 0 Å². The molecule has 0 bridgehead atoms. The number of aliphatic hydroxyl groups excluding tert-OH is 1. The van der Waals surface area contributed by atoms with Crippen LogP contribution in [0.4, 0.5) is 0 Å². The van der Waals surface area contributed by atoms with Gasteiger partial charge in [-0.15, -0.1) is 12.4 Å². The molecule has 1 fully saturated rings. The number of hydrogen-bond acceptors (Lipinski definition) is 3. The average molecular weight is 182 g/mol. The standard InChI is InChI=1S/C7H15NO2.ClH/c1-10-5-6-2-3-7(9)4-8-6;/h6-9H,2-5H2,1H3;1H/t6-,7+;/m1./s1. The van der Waals surface area contributed by atoms with Crippen LogP contribution in [0.5, 0.6) is 0 Å². The first-order valence-corrected chi connectivity index (χ1v) is 3.73. The molecule has 0 aliphatic carbocycles. The van der Waals surface area contributed by atoms with E-state index in [9.17, 15) is 0 Å². The number of ether oxygens (including phenoxy) is 1. The van der Waals surface area contributed by atoms with Gasteiger partial charge in [0.15, 0.2) is 0 Å². The number of rotatable bonds is 2. The van der Waals surface area contributed by atoms with E-state index in [1.54, 1.807) is 7.11 Å². The Balaban J connectivity index is 0.000001000. The molecule has 0 aromatic heterocycles. The van der Waals surface area contributed by atoms with Gasteiger partial charge >= 0.3 is 0 Å². The van der Waals surface area contributed by atoms with Crippen LogP contribution in [0, 0.1) is 0 Å². The van der Waals surface area contributed by atoms with Crippen LogP contribution in [0.2, 0.25) is 0 Å². The maximum atomic E-state index is 9.09. The highest BCUT2D eigenvalue weighted by molar-refractivity contribution is 5.85. The zero-order valence-electron chi connectivity index (χ0n) is 6.75. The predicted octanol–water partition coefficient (Wildman–Crippen LogP) is 0.168. The molecule has 3 nitrogen and oxygen atoms in total. The van der Waals surface area contributed by atoms with Crippen LogP contribution in [0.1, 0.15) is 12.8 Å². The van der Waals surface area contributed by atoms with Gasteiger partial charge in [-0.2, -0.15) is 0 Å². The lowest BCUT2D eigenvalue weighted by molar-refractivity contribution is 0.0933. The van der Waals surface area contributed by atoms with Gasteiger partial charge in [-0.3, -0.25) is 0 Å². The van der Waals surface area contributed by atoms with Crippen LogP contribution in [0.3, 0.4) is 0 Å². The fraction of sp³-hybridized carbons (Fsp3) is 1.00. The average Bonchev–Trinajstić information content (AvgIpc) is 1.95. The lowest BCUT2D eigenvalue weighted by Crippen LogP contribution is -2.43. The molecule has 1 aliphatic rings. The molecule has 0 spiro atoms. The van der Waals surface area contributed by atoms with Crippen LogP contribution < -0.4 is 5.32 Å². The van der Waals surface area contributed by atoms with Crippen molar-refractivity contribution in [1.29, 1.82) is 0 Å². The molecule has 0 aromatic rings. The second kappa shape index (κ2) is 5.77. The molecule has 2 atom stereocenters. The lowest BCUT2D eigenvalue weighted by atomic mass is 10.0. The first-order chi connectivity index (χ1) is 4.83. The molecule has 0 aromatic carbocycles. The van der Waals surface area contributed by atoms with Gasteiger partial charge in [0, 0.05) is 19.7 Å². The highest BCUT2D eigenvalue weighted by Gasteiger charge is 2.17. The highest BCUT2D eigenvalue weighted by atomic mass is 35.5. The maximum Gasteiger partial charge on any atom is 0.0665 e. The zero-order chi connectivity index (χ0) is 7.40. The van der Waals surface area contributed by atoms with Crippen molar-refractivity contribution in [2.75, 3.05) is 20.3 Å². The molecule has 68 valence electrons. The number of piperidine rings is 1. The SMILES string of the molecule is COC[C@H]1CC[C@H](O)CN1.Cl. The Bertz CT molecular complexity index is 94.4. The Morgan fingerprint density at radius 2 is 2.27 bits per heavy atom. The monoisotopic (exact) mass is 181 g/mol. The summed E-state index contributed by atoms with van der Waals surface area (Å²) in [6.07, 6.45) is 1.78. The molecule has 2 N–H and O–H groups in total. The van der Waals surface area contributed by atoms with Gasteiger partial charge in [0.25, 0.3) is 0 Å². The van der Waals surface area contributed by atoms with Crippen molar-refractivity contribution >= 4 is 12.4 Å². The Kier molecular flexibility index (Phi) is 5.86. The molecule has 1 aliphatic heterocycles. The second-order valence-electron chi connectivity index (χ2n) is 2.79. The molecule has 1 saturated heterocycles. The third-order valence-electron chi connectivity index (χ3n) is 1.86. The van der Waals surface area contributed by atoms with E-state index in [1.807, 2.05) is 0 Å². The molecule has 0 amide bonds. The molecule has 4 heteroatoms. The summed E-state index contributed by atoms with van der Waals surface area (Å²) in [5, 5.41) is 12.3. The van der Waals surface area contributed by atoms with E-state index in [-0.39, 0.29) is 18.5 Å². The minimum Gasteiger partial charge on any atom is -0.392 e. The minimum atomic E-state index is -0.145. The summed E-state index contributed by atoms with van der Waals surface area (Å²) in [6, 6.07) is 0.452. The summed E-state index contributed by atoms with van der Waals surface area (Å²) in [4.78, 5) is 0. The van der Waals surface area contributed by atoms with Crippen LogP contribution >= 0.6 is 12.4 Å². The minimum absolute atomic E-state index is 0. The zero-order valence-corrected chi connectivity index (χ0v) is 7.56. The van der Waals surface area contributed by atoms with Gasteiger partial charge in [0.1, 0.15) is 0 Å². The van der Waals surface area contributed by atoms with Crippen LogP contribution in [-0.2, 0) is 4.74 Å². The Morgan fingerprint density at radius 1 is 1.55 bits per heavy atom. The molecule has 1 heterocycles. The van der Waals surface area contributed by atoms with Crippen LogP contribution in [0.15, 0.2) is 0 Å². The number of halogens is 1. The van der Waals surface area contributed by atoms with Crippen LogP contribution in [-0.4, -0.2) is 37.5 Å². The van der Waals surface area contributed by atoms with E-state index < -0.39 is 0 Å². The fourth-order valence-corrected chi connectivity index (χ4v) is 1.24. The largest absolute Gasteiger partial charge is 0.392 e. The molecule has 0 radical (unpaired) electrons. The number of hydrogen-bond donors (Lipinski definition) is 2. The molecular formula is C7H16ClNO2. The number of methoxy groups -OCH3 is 1. The van der Waals surface area contributed by atoms with Gasteiger partial charge in [0.05, 0.1) is 12.7 Å². The van der Waals surface area contributed by atoms with E-state index in [0.717, 1.165) is 19.4 Å². The van der Waals surface area contributed by atoms with E-state index >= 15 is 0 Å². The van der Waals surface area contributed by atoms with Gasteiger partial charge < -0.3 is 15.2 Å². The summed E-state index contributed by atoms with van der Waals surface area (Å²) in [5.74, 6) is 0. The third kappa shape index (κ3) is 3.91. The molecule has 1 rings (SSSR count). The van der Waals surface area contributed by atoms with E-state index in [4.69, 9.17) is 9.84 Å². The summed E-state index contributed by atoms with van der Waals surface area (Å²) < 4.78 is 4.97. The van der Waals surface area contributed by atoms with Crippen LogP contribution in [0.25, 0.3) is 0 Å². The van der Waals surface area contributed by atoms with Gasteiger partial charge in [-0.25, -0.2) is 0 Å². The normalized spacial score (nSPS) is 31.1. The van der Waals surface area contributed by atoms with Gasteiger partial charge in [-0.05, 0) is 12.8 Å². The smallest absolute Gasteiger partial charge is 0.0665 e. The Labute approximate surface area is 73.5 Å². The summed E-state index contributed by atoms with van der Waals surface area (Å²) in [7, 11) is 1.70. The van der Waals surface area contributed by atoms with E-state index in [2.05, 4.69) is 5.32 Å². The van der Waals surface area contributed by atoms with Crippen molar-refractivity contribution in [2.45, 2.75) is 25.0 Å². The molecule has 0 unspecified atom stereocenters. The molecule has 0 saturated carbocycles. The first kappa shape index (κ1) is 11.2. The Morgan fingerprint density at radius 3 is 2.73 bits per heavy atom. The topological polar surface area (TPSA) is 41.5 Å². The summed E-state index contributed by atoms with van der Waals surface area (Å²) >= 11 is 0. The van der Waals surface area contributed by atoms with Crippen molar-refractivity contribution in [3.8, 4) is 0 Å². The quantitative estimate of drug-likeness (QED) is 0.638. The summed E-state index contributed by atoms with van der Waals surface area (Å²) in [5.41, 5.74) is 0. The molecule has 11 heavy (non-hydrogen) atoms. The van der Waals surface area contributed by atoms with Crippen molar-refractivity contribution in [3.05, 3.63) is 0 Å². The maximum absolute atomic E-state index is 9.09. The number of β-amino-alcohol motifs (C(OH)–C–C–N with tert-alkyl or cyclic N) is 1. The lowest BCUT2D eigenvalue weighted by Gasteiger charge is -2.26. The van der Waals surface area contributed by atoms with Gasteiger partial charge in [-0.1, -0.05) is 0 Å². The van der Waals surface area contributed by atoms with Crippen molar-refractivity contribution in [1.82, 2.24) is 5.32 Å².